The van der Waals surface area contributed by atoms with Crippen molar-refractivity contribution >= 4 is 15.5 Å². The van der Waals surface area contributed by atoms with Gasteiger partial charge >= 0.3 is 0 Å². The molecule has 1 heterocycles. The van der Waals surface area contributed by atoms with Crippen molar-refractivity contribution in [2.75, 3.05) is 37.3 Å². The van der Waals surface area contributed by atoms with Crippen molar-refractivity contribution in [3.63, 3.8) is 0 Å². The van der Waals surface area contributed by atoms with Gasteiger partial charge < -0.3 is 10.2 Å². The molecule has 2 rings (SSSR count). The van der Waals surface area contributed by atoms with Gasteiger partial charge in [-0.3, -0.25) is 0 Å². The van der Waals surface area contributed by atoms with E-state index in [0.717, 1.165) is 38.3 Å². The molecule has 1 atom stereocenters. The van der Waals surface area contributed by atoms with Crippen LogP contribution in [0.4, 0.5) is 5.69 Å². The Morgan fingerprint density at radius 3 is 2.71 bits per heavy atom. The van der Waals surface area contributed by atoms with E-state index in [2.05, 4.69) is 17.1 Å². The van der Waals surface area contributed by atoms with Crippen molar-refractivity contribution in [3.05, 3.63) is 24.3 Å². The van der Waals surface area contributed by atoms with Gasteiger partial charge in [-0.05, 0) is 50.4 Å². The van der Waals surface area contributed by atoms with E-state index in [1.165, 1.54) is 19.1 Å². The summed E-state index contributed by atoms with van der Waals surface area (Å²) in [7, 11) is -3.19. The topological polar surface area (TPSA) is 49.4 Å². The maximum Gasteiger partial charge on any atom is 0.177 e. The summed E-state index contributed by atoms with van der Waals surface area (Å²) in [4.78, 5) is 2.69. The van der Waals surface area contributed by atoms with Crippen LogP contribution in [0.25, 0.3) is 0 Å². The van der Waals surface area contributed by atoms with Gasteiger partial charge in [-0.15, -0.1) is 0 Å². The van der Waals surface area contributed by atoms with Gasteiger partial charge in [0.15, 0.2) is 9.84 Å². The molecule has 1 aromatic carbocycles. The molecule has 1 unspecified atom stereocenters. The maximum atomic E-state index is 12.0. The molecule has 0 radical (unpaired) electrons. The number of benzene rings is 1. The second-order valence-electron chi connectivity index (χ2n) is 5.90. The Hall–Kier alpha value is -1.07. The van der Waals surface area contributed by atoms with Gasteiger partial charge in [-0.1, -0.05) is 19.1 Å². The van der Waals surface area contributed by atoms with Crippen molar-refractivity contribution in [3.8, 4) is 0 Å². The second kappa shape index (κ2) is 7.27. The summed E-state index contributed by atoms with van der Waals surface area (Å²) in [5, 5.41) is 3.43. The Morgan fingerprint density at radius 1 is 1.33 bits per heavy atom. The van der Waals surface area contributed by atoms with Crippen LogP contribution in [-0.4, -0.2) is 40.9 Å². The lowest BCUT2D eigenvalue weighted by atomic mass is 9.98. The highest BCUT2D eigenvalue weighted by Crippen LogP contribution is 2.27. The van der Waals surface area contributed by atoms with Crippen LogP contribution < -0.4 is 10.2 Å². The number of hydrogen-bond acceptors (Lipinski definition) is 4. The van der Waals surface area contributed by atoms with Crippen molar-refractivity contribution in [1.29, 1.82) is 0 Å². The Labute approximate surface area is 128 Å². The Balaban J connectivity index is 2.25. The van der Waals surface area contributed by atoms with E-state index < -0.39 is 9.84 Å². The Bertz CT molecular complexity index is 551. The monoisotopic (exact) mass is 310 g/mol. The third-order valence-electron chi connectivity index (χ3n) is 3.98. The van der Waals surface area contributed by atoms with Crippen molar-refractivity contribution < 1.29 is 8.42 Å². The molecule has 118 valence electrons. The van der Waals surface area contributed by atoms with Crippen molar-refractivity contribution in [1.82, 2.24) is 5.32 Å². The lowest BCUT2D eigenvalue weighted by molar-refractivity contribution is 0.376. The van der Waals surface area contributed by atoms with Crippen molar-refractivity contribution in [2.45, 2.75) is 31.1 Å². The number of anilines is 1. The van der Waals surface area contributed by atoms with Crippen LogP contribution in [0.1, 0.15) is 26.2 Å². The molecular formula is C16H26N2O2S. The molecule has 0 bridgehead atoms. The first kappa shape index (κ1) is 16.3. The molecule has 5 heteroatoms. The van der Waals surface area contributed by atoms with Crippen LogP contribution in [0, 0.1) is 5.92 Å². The van der Waals surface area contributed by atoms with Crippen LogP contribution >= 0.6 is 0 Å². The second-order valence-corrected chi connectivity index (χ2v) is 7.88. The zero-order valence-corrected chi connectivity index (χ0v) is 13.8. The first-order valence-electron chi connectivity index (χ1n) is 7.77. The van der Waals surface area contributed by atoms with Gasteiger partial charge in [0.2, 0.25) is 0 Å². The summed E-state index contributed by atoms with van der Waals surface area (Å²) in [5.74, 6) is 0.595. The number of hydrogen-bond donors (Lipinski definition) is 1. The largest absolute Gasteiger partial charge is 0.370 e. The highest BCUT2D eigenvalue weighted by atomic mass is 32.2. The summed E-state index contributed by atoms with van der Waals surface area (Å²) < 4.78 is 24.0. The molecule has 4 nitrogen and oxygen atoms in total. The van der Waals surface area contributed by atoms with E-state index in [-0.39, 0.29) is 0 Å². The summed E-state index contributed by atoms with van der Waals surface area (Å²) in [6, 6.07) is 7.37. The molecule has 0 amide bonds. The summed E-state index contributed by atoms with van der Waals surface area (Å²) in [6.07, 6.45) is 4.73. The van der Waals surface area contributed by atoms with Crippen LogP contribution in [-0.2, 0) is 9.84 Å². The number of nitrogens with one attached hydrogen (secondary N) is 1. The zero-order valence-electron chi connectivity index (χ0n) is 13.0. The fourth-order valence-electron chi connectivity index (χ4n) is 3.00. The minimum absolute atomic E-state index is 0.446. The fourth-order valence-corrected chi connectivity index (χ4v) is 3.91. The Kier molecular flexibility index (Phi) is 5.65. The minimum atomic E-state index is -3.19. The molecular weight excluding hydrogens is 284 g/mol. The summed E-state index contributed by atoms with van der Waals surface area (Å²) >= 11 is 0. The quantitative estimate of drug-likeness (QED) is 0.876. The molecule has 1 saturated heterocycles. The molecule has 1 aliphatic heterocycles. The smallest absolute Gasteiger partial charge is 0.177 e. The third-order valence-corrected chi connectivity index (χ3v) is 5.12. The Morgan fingerprint density at radius 2 is 2.10 bits per heavy atom. The van der Waals surface area contributed by atoms with Gasteiger partial charge in [0.1, 0.15) is 0 Å². The highest BCUT2D eigenvalue weighted by Gasteiger charge is 2.21. The van der Waals surface area contributed by atoms with E-state index in [1.807, 2.05) is 12.1 Å². The zero-order chi connectivity index (χ0) is 15.3. The van der Waals surface area contributed by atoms with Gasteiger partial charge in [-0.2, -0.15) is 0 Å². The molecule has 0 aliphatic carbocycles. The van der Waals surface area contributed by atoms with E-state index in [4.69, 9.17) is 0 Å². The lowest BCUT2D eigenvalue weighted by Crippen LogP contribution is -2.39. The molecule has 0 aromatic heterocycles. The first-order chi connectivity index (χ1) is 10.0. The predicted molar refractivity (Wildman–Crippen MR) is 87.6 cm³/mol. The van der Waals surface area contributed by atoms with Crippen LogP contribution in [0.3, 0.4) is 0 Å². The summed E-state index contributed by atoms with van der Waals surface area (Å²) in [5.41, 5.74) is 0.854. The number of rotatable bonds is 6. The van der Waals surface area contributed by atoms with Crippen LogP contribution in [0.15, 0.2) is 29.2 Å². The molecule has 0 spiro atoms. The lowest BCUT2D eigenvalue weighted by Gasteiger charge is -2.32. The first-order valence-corrected chi connectivity index (χ1v) is 9.66. The van der Waals surface area contributed by atoms with Gasteiger partial charge in [0, 0.05) is 19.3 Å². The SMILES string of the molecule is CCCN(CC1CCCNC1)c1ccccc1S(C)(=O)=O. The van der Waals surface area contributed by atoms with E-state index >= 15 is 0 Å². The summed E-state index contributed by atoms with van der Waals surface area (Å²) in [6.45, 7) is 6.08. The normalized spacial score (nSPS) is 19.4. The maximum absolute atomic E-state index is 12.0. The fraction of sp³-hybridized carbons (Fsp3) is 0.625. The number of para-hydroxylation sites is 1. The average molecular weight is 310 g/mol. The van der Waals surface area contributed by atoms with Crippen molar-refractivity contribution in [2.24, 2.45) is 5.92 Å². The average Bonchev–Trinajstić information content (AvgIpc) is 2.47. The predicted octanol–water partition coefficient (Wildman–Crippen LogP) is 2.31. The number of sulfone groups is 1. The van der Waals surface area contributed by atoms with E-state index in [9.17, 15) is 8.42 Å². The minimum Gasteiger partial charge on any atom is -0.370 e. The van der Waals surface area contributed by atoms with Gasteiger partial charge in [0.25, 0.3) is 0 Å². The highest BCUT2D eigenvalue weighted by molar-refractivity contribution is 7.90. The standard InChI is InChI=1S/C16H26N2O2S/c1-3-11-18(13-14-7-6-10-17-12-14)15-8-4-5-9-16(15)21(2,19)20/h4-5,8-9,14,17H,3,6-7,10-13H2,1-2H3. The van der Waals surface area contributed by atoms with Gasteiger partial charge in [0.05, 0.1) is 10.6 Å². The third kappa shape index (κ3) is 4.45. The molecule has 21 heavy (non-hydrogen) atoms. The van der Waals surface area contributed by atoms with E-state index in [1.54, 1.807) is 12.1 Å². The number of nitrogens with zero attached hydrogens (tertiary/aromatic N) is 1. The molecule has 0 saturated carbocycles. The molecule has 1 aliphatic rings. The molecule has 1 fully saturated rings. The molecule has 1 N–H and O–H groups in total. The van der Waals surface area contributed by atoms with E-state index in [0.29, 0.717) is 10.8 Å². The number of piperidine rings is 1. The van der Waals surface area contributed by atoms with Crippen LogP contribution in [0.2, 0.25) is 0 Å². The molecule has 1 aromatic rings. The van der Waals surface area contributed by atoms with Crippen LogP contribution in [0.5, 0.6) is 0 Å². The van der Waals surface area contributed by atoms with Gasteiger partial charge in [-0.25, -0.2) is 8.42 Å².